The maximum Gasteiger partial charge on any atom is 0.269 e. The van der Waals surface area contributed by atoms with Crippen LogP contribution in [-0.4, -0.2) is 4.92 Å². The Morgan fingerprint density at radius 2 is 1.24 bits per heavy atom. The Morgan fingerprint density at radius 1 is 0.810 bits per heavy atom. The first kappa shape index (κ1) is 14.9. The van der Waals surface area contributed by atoms with Gasteiger partial charge in [0.15, 0.2) is 23.3 Å². The van der Waals surface area contributed by atoms with Crippen LogP contribution in [-0.2, 0) is 6.42 Å². The van der Waals surface area contributed by atoms with E-state index in [2.05, 4.69) is 0 Å². The van der Waals surface area contributed by atoms with Crippen LogP contribution < -0.4 is 0 Å². The van der Waals surface area contributed by atoms with Gasteiger partial charge in [-0.15, -0.1) is 0 Å². The van der Waals surface area contributed by atoms with E-state index in [4.69, 9.17) is 0 Å². The number of hydrogen-bond acceptors (Lipinski definition) is 2. The molecule has 0 unspecified atom stereocenters. The lowest BCUT2D eigenvalue weighted by atomic mass is 10.0. The van der Waals surface area contributed by atoms with Crippen molar-refractivity contribution in [2.75, 3.05) is 0 Å². The second-order valence-electron chi connectivity index (χ2n) is 4.15. The molecule has 0 bridgehead atoms. The number of nitrogens with zero attached hydrogens (tertiary/aromatic N) is 1. The van der Waals surface area contributed by atoms with Crippen molar-refractivity contribution in [2.24, 2.45) is 0 Å². The lowest BCUT2D eigenvalue weighted by Gasteiger charge is -2.08. The van der Waals surface area contributed by atoms with Crippen LogP contribution in [0.1, 0.15) is 11.1 Å². The number of rotatable bonds is 3. The van der Waals surface area contributed by atoms with Crippen molar-refractivity contribution in [3.8, 4) is 0 Å². The van der Waals surface area contributed by atoms with E-state index in [1.165, 1.54) is 12.1 Å². The molecule has 2 aromatic rings. The van der Waals surface area contributed by atoms with Gasteiger partial charge in [0.25, 0.3) is 5.69 Å². The third kappa shape index (κ3) is 2.69. The fraction of sp³-hybridized carbons (Fsp3) is 0.0769. The monoisotopic (exact) mass is 303 g/mol. The molecule has 110 valence electrons. The molecule has 2 rings (SSSR count). The predicted molar refractivity (Wildman–Crippen MR) is 62.1 cm³/mol. The van der Waals surface area contributed by atoms with Gasteiger partial charge in [0.1, 0.15) is 0 Å². The summed E-state index contributed by atoms with van der Waals surface area (Å²) in [4.78, 5) is 9.77. The molecule has 0 saturated carbocycles. The zero-order valence-electron chi connectivity index (χ0n) is 10.2. The molecule has 0 fully saturated rings. The highest BCUT2D eigenvalue weighted by Gasteiger charge is 2.25. The zero-order chi connectivity index (χ0) is 15.7. The first-order valence-electron chi connectivity index (χ1n) is 5.56. The van der Waals surface area contributed by atoms with Gasteiger partial charge in [-0.05, 0) is 5.56 Å². The van der Waals surface area contributed by atoms with E-state index in [0.29, 0.717) is 0 Å². The Balaban J connectivity index is 2.42. The molecule has 0 aliphatic carbocycles. The summed E-state index contributed by atoms with van der Waals surface area (Å²) in [5.41, 5.74) is -1.07. The summed E-state index contributed by atoms with van der Waals surface area (Å²) in [7, 11) is 0. The summed E-state index contributed by atoms with van der Waals surface area (Å²) in [5, 5.41) is 10.5. The quantitative estimate of drug-likeness (QED) is 0.284. The number of nitro benzene ring substituents is 1. The molecule has 0 heterocycles. The molecule has 0 amide bonds. The van der Waals surface area contributed by atoms with Gasteiger partial charge in [-0.1, -0.05) is 12.1 Å². The number of halogens is 5. The van der Waals surface area contributed by atoms with Crippen LogP contribution in [0.25, 0.3) is 0 Å². The van der Waals surface area contributed by atoms with E-state index in [-0.39, 0.29) is 11.3 Å². The predicted octanol–water partition coefficient (Wildman–Crippen LogP) is 3.88. The van der Waals surface area contributed by atoms with Crippen molar-refractivity contribution >= 4 is 5.69 Å². The van der Waals surface area contributed by atoms with E-state index in [9.17, 15) is 32.1 Å². The van der Waals surface area contributed by atoms with E-state index < -0.39 is 46.0 Å². The topological polar surface area (TPSA) is 43.1 Å². The van der Waals surface area contributed by atoms with Crippen LogP contribution in [0.4, 0.5) is 27.6 Å². The standard InChI is InChI=1S/C13H6F5NO2/c14-9-8(10(15)12(17)13(18)11(9)16)5-6-1-3-7(4-2-6)19(20)21/h1-4H,5H2. The van der Waals surface area contributed by atoms with Gasteiger partial charge >= 0.3 is 0 Å². The molecule has 0 aliphatic rings. The molecule has 3 nitrogen and oxygen atoms in total. The third-order valence-corrected chi connectivity index (χ3v) is 2.83. The van der Waals surface area contributed by atoms with E-state index >= 15 is 0 Å². The number of benzene rings is 2. The van der Waals surface area contributed by atoms with Crippen LogP contribution in [0.15, 0.2) is 24.3 Å². The lowest BCUT2D eigenvalue weighted by Crippen LogP contribution is -2.07. The van der Waals surface area contributed by atoms with Crippen molar-refractivity contribution in [3.05, 3.63) is 74.6 Å². The summed E-state index contributed by atoms with van der Waals surface area (Å²) < 4.78 is 65.9. The first-order chi connectivity index (χ1) is 9.82. The molecule has 21 heavy (non-hydrogen) atoms. The molecule has 0 N–H and O–H groups in total. The van der Waals surface area contributed by atoms with Crippen molar-refractivity contribution in [1.82, 2.24) is 0 Å². The third-order valence-electron chi connectivity index (χ3n) is 2.83. The minimum absolute atomic E-state index is 0.170. The molecule has 0 aliphatic heterocycles. The first-order valence-corrected chi connectivity index (χ1v) is 5.56. The van der Waals surface area contributed by atoms with E-state index in [0.717, 1.165) is 12.1 Å². The SMILES string of the molecule is O=[N+]([O-])c1ccc(Cc2c(F)c(F)c(F)c(F)c2F)cc1. The average molecular weight is 303 g/mol. The van der Waals surface area contributed by atoms with Crippen LogP contribution in [0, 0.1) is 39.2 Å². The van der Waals surface area contributed by atoms with Gasteiger partial charge < -0.3 is 0 Å². The van der Waals surface area contributed by atoms with Crippen molar-refractivity contribution in [2.45, 2.75) is 6.42 Å². The highest BCUT2D eigenvalue weighted by molar-refractivity contribution is 5.36. The van der Waals surface area contributed by atoms with Gasteiger partial charge in [-0.3, -0.25) is 10.1 Å². The molecular formula is C13H6F5NO2. The molecule has 0 radical (unpaired) electrons. The Kier molecular flexibility index (Phi) is 3.88. The molecule has 0 aromatic heterocycles. The molecule has 8 heteroatoms. The summed E-state index contributed by atoms with van der Waals surface area (Å²) in [6.07, 6.45) is -0.580. The highest BCUT2D eigenvalue weighted by Crippen LogP contribution is 2.25. The van der Waals surface area contributed by atoms with Crippen LogP contribution in [0.3, 0.4) is 0 Å². The van der Waals surface area contributed by atoms with Crippen molar-refractivity contribution in [1.29, 1.82) is 0 Å². The maximum atomic E-state index is 13.5. The Morgan fingerprint density at radius 3 is 1.67 bits per heavy atom. The molecule has 2 aromatic carbocycles. The fourth-order valence-electron chi connectivity index (χ4n) is 1.75. The minimum Gasteiger partial charge on any atom is -0.258 e. The Labute approximate surface area is 114 Å². The molecule has 0 saturated heterocycles. The maximum absolute atomic E-state index is 13.5. The van der Waals surface area contributed by atoms with Crippen LogP contribution in [0.2, 0.25) is 0 Å². The lowest BCUT2D eigenvalue weighted by molar-refractivity contribution is -0.384. The van der Waals surface area contributed by atoms with Gasteiger partial charge in [-0.25, -0.2) is 22.0 Å². The van der Waals surface area contributed by atoms with Gasteiger partial charge in [0.05, 0.1) is 4.92 Å². The second-order valence-corrected chi connectivity index (χ2v) is 4.15. The summed E-state index contributed by atoms with van der Waals surface area (Å²) in [6, 6.07) is 4.50. The number of hydrogen-bond donors (Lipinski definition) is 0. The highest BCUT2D eigenvalue weighted by atomic mass is 19.2. The van der Waals surface area contributed by atoms with E-state index in [1.54, 1.807) is 0 Å². The summed E-state index contributed by atoms with van der Waals surface area (Å²) >= 11 is 0. The van der Waals surface area contributed by atoms with Crippen LogP contribution in [0.5, 0.6) is 0 Å². The smallest absolute Gasteiger partial charge is 0.258 e. The van der Waals surface area contributed by atoms with Gasteiger partial charge in [0, 0.05) is 24.1 Å². The molecular weight excluding hydrogens is 297 g/mol. The Hall–Kier alpha value is -2.51. The minimum atomic E-state index is -2.22. The largest absolute Gasteiger partial charge is 0.269 e. The van der Waals surface area contributed by atoms with Crippen LogP contribution >= 0.6 is 0 Å². The Bertz CT molecular complexity index is 686. The fourth-order valence-corrected chi connectivity index (χ4v) is 1.75. The average Bonchev–Trinajstić information content (AvgIpc) is 2.48. The number of nitro groups is 1. The zero-order valence-corrected chi connectivity index (χ0v) is 10.2. The van der Waals surface area contributed by atoms with Gasteiger partial charge in [-0.2, -0.15) is 0 Å². The normalized spacial score (nSPS) is 10.7. The summed E-state index contributed by atoms with van der Waals surface area (Å²) in [6.45, 7) is 0. The van der Waals surface area contributed by atoms with Crippen molar-refractivity contribution < 1.29 is 26.9 Å². The van der Waals surface area contributed by atoms with E-state index in [1.807, 2.05) is 0 Å². The summed E-state index contributed by atoms with van der Waals surface area (Å²) in [5.74, 6) is -10.1. The van der Waals surface area contributed by atoms with Gasteiger partial charge in [0.2, 0.25) is 5.82 Å². The molecule has 0 atom stereocenters. The molecule has 0 spiro atoms. The van der Waals surface area contributed by atoms with Crippen molar-refractivity contribution in [3.63, 3.8) is 0 Å². The second kappa shape index (κ2) is 5.47. The number of non-ortho nitro benzene ring substituents is 1.